The van der Waals surface area contributed by atoms with Crippen molar-refractivity contribution >= 4 is 72.4 Å². The topological polar surface area (TPSA) is 388 Å². The average Bonchev–Trinajstić information content (AvgIpc) is 3.87. The van der Waals surface area contributed by atoms with Gasteiger partial charge in [0.2, 0.25) is 0 Å². The Morgan fingerprint density at radius 1 is 0.483 bits per heavy atom. The summed E-state index contributed by atoms with van der Waals surface area (Å²) in [5.41, 5.74) is 0. The molecule has 346 valence electrons. The second-order valence-corrected chi connectivity index (χ2v) is 15.8. The highest BCUT2D eigenvalue weighted by Gasteiger charge is 2.40. The maximum absolute atomic E-state index is 12.0. The molecule has 3 aliphatic rings. The van der Waals surface area contributed by atoms with E-state index in [1.807, 2.05) is 0 Å². The smallest absolute Gasteiger partial charge is 0.434 e. The van der Waals surface area contributed by atoms with Crippen LogP contribution in [0.15, 0.2) is 0 Å². The van der Waals surface area contributed by atoms with Crippen molar-refractivity contribution in [2.24, 2.45) is 0 Å². The molecule has 3 aliphatic heterocycles. The Morgan fingerprint density at radius 3 is 1.25 bits per heavy atom. The standard InChI is InChI=1S/C25H36O31S4/c26-21(40-5-6-41-22(27)42-7-8-43-23(28)44-13-17-14-45-24(29)53-17)39-3-1-19-20(56-60(37,38)55-19)2-4-47-57(31,32)48-9-10-49-58(33,34)50-11-12-51-59(35,36)52-16-18-15-46-25(30)54-18/h17-20H,1-16H2. The first-order chi connectivity index (χ1) is 28.2. The maximum Gasteiger partial charge on any atom is 0.508 e. The Balaban J connectivity index is 1.20. The Kier molecular flexibility index (Phi) is 20.3. The monoisotopic (exact) mass is 960 g/mol. The van der Waals surface area contributed by atoms with Crippen LogP contribution >= 0.6 is 0 Å². The van der Waals surface area contributed by atoms with E-state index in [2.05, 4.69) is 67.7 Å². The number of carbonyl (C=O) groups is 5. The van der Waals surface area contributed by atoms with Gasteiger partial charge >= 0.3 is 72.4 Å². The van der Waals surface area contributed by atoms with Crippen molar-refractivity contribution in [2.45, 2.75) is 37.3 Å². The van der Waals surface area contributed by atoms with E-state index in [1.165, 1.54) is 0 Å². The van der Waals surface area contributed by atoms with Gasteiger partial charge in [-0.15, -0.1) is 0 Å². The number of ether oxygens (including phenoxy) is 10. The Labute approximate surface area is 340 Å². The maximum atomic E-state index is 12.0. The van der Waals surface area contributed by atoms with Gasteiger partial charge in [-0.2, -0.15) is 33.7 Å². The molecule has 0 bridgehead atoms. The van der Waals surface area contributed by atoms with Gasteiger partial charge in [-0.05, 0) is 0 Å². The summed E-state index contributed by atoms with van der Waals surface area (Å²) < 4.78 is 176. The van der Waals surface area contributed by atoms with Crippen LogP contribution in [0, 0.1) is 0 Å². The molecule has 0 aliphatic carbocycles. The third-order valence-electron chi connectivity index (χ3n) is 6.36. The first-order valence-electron chi connectivity index (χ1n) is 16.5. The highest BCUT2D eigenvalue weighted by molar-refractivity contribution is 7.82. The minimum Gasteiger partial charge on any atom is -0.434 e. The molecule has 0 radical (unpaired) electrons. The number of cyclic esters (lactones) is 4. The summed E-state index contributed by atoms with van der Waals surface area (Å²) in [6.45, 7) is -8.01. The zero-order valence-electron chi connectivity index (χ0n) is 30.4. The first-order valence-corrected chi connectivity index (χ1v) is 21.8. The number of rotatable bonds is 28. The van der Waals surface area contributed by atoms with E-state index in [0.29, 0.717) is 0 Å². The number of carbonyl (C=O) groups excluding carboxylic acids is 5. The van der Waals surface area contributed by atoms with Crippen LogP contribution < -0.4 is 0 Å². The second kappa shape index (κ2) is 24.3. The van der Waals surface area contributed by atoms with Gasteiger partial charge < -0.3 is 47.4 Å². The molecule has 0 aromatic carbocycles. The van der Waals surface area contributed by atoms with Gasteiger partial charge in [0, 0.05) is 12.8 Å². The Bertz CT molecular complexity index is 1880. The summed E-state index contributed by atoms with van der Waals surface area (Å²) in [5, 5.41) is 0. The van der Waals surface area contributed by atoms with Crippen molar-refractivity contribution in [3.05, 3.63) is 0 Å². The van der Waals surface area contributed by atoms with E-state index in [9.17, 15) is 57.6 Å². The molecule has 35 heteroatoms. The van der Waals surface area contributed by atoms with Crippen molar-refractivity contribution in [3.63, 3.8) is 0 Å². The first kappa shape index (κ1) is 50.2. The molecule has 0 amide bonds. The van der Waals surface area contributed by atoms with Crippen molar-refractivity contribution in [1.82, 2.24) is 0 Å². The van der Waals surface area contributed by atoms with Gasteiger partial charge in [-0.1, -0.05) is 0 Å². The fourth-order valence-electron chi connectivity index (χ4n) is 3.93. The molecular formula is C25H36O31S4. The fraction of sp³-hybridized carbons (Fsp3) is 0.800. The molecule has 0 aromatic heterocycles. The SMILES string of the molecule is O=C(OCCOC(=O)OCCC1OS(=O)(=O)OC1CCOS(=O)(=O)OCCOS(=O)(=O)OCCOS(=O)(=O)OCC1COC(=O)O1)OCCOC(=O)OCC1COC(=O)O1. The molecule has 4 atom stereocenters. The Hall–Kier alpha value is -4.17. The fourth-order valence-corrected chi connectivity index (χ4v) is 6.93. The minimum atomic E-state index is -4.81. The minimum absolute atomic E-state index is 0.0994. The van der Waals surface area contributed by atoms with Gasteiger partial charge in [-0.3, -0.25) is 0 Å². The molecule has 3 heterocycles. The summed E-state index contributed by atoms with van der Waals surface area (Å²) in [5.74, 6) is 0. The highest BCUT2D eigenvalue weighted by atomic mass is 32.3. The van der Waals surface area contributed by atoms with E-state index in [4.69, 9.17) is 13.1 Å². The number of hydrogen-bond donors (Lipinski definition) is 0. The summed E-state index contributed by atoms with van der Waals surface area (Å²) >= 11 is 0. The molecule has 31 nitrogen and oxygen atoms in total. The van der Waals surface area contributed by atoms with Crippen LogP contribution in [0.5, 0.6) is 0 Å². The molecule has 0 N–H and O–H groups in total. The quantitative estimate of drug-likeness (QED) is 0.0472. The normalized spacial score (nSPS) is 21.2. The molecule has 4 unspecified atom stereocenters. The van der Waals surface area contributed by atoms with Crippen molar-refractivity contribution < 1.29 is 138 Å². The van der Waals surface area contributed by atoms with Crippen LogP contribution in [-0.4, -0.2) is 181 Å². The summed E-state index contributed by atoms with van der Waals surface area (Å²) in [4.78, 5) is 56.4. The molecule has 0 spiro atoms. The van der Waals surface area contributed by atoms with Crippen molar-refractivity contribution in [2.75, 3.05) is 92.5 Å². The van der Waals surface area contributed by atoms with E-state index >= 15 is 0 Å². The van der Waals surface area contributed by atoms with Crippen LogP contribution in [0.3, 0.4) is 0 Å². The highest BCUT2D eigenvalue weighted by Crippen LogP contribution is 2.26. The van der Waals surface area contributed by atoms with Gasteiger partial charge in [0.05, 0.1) is 39.6 Å². The van der Waals surface area contributed by atoms with E-state index in [-0.39, 0.29) is 26.2 Å². The number of hydrogen-bond acceptors (Lipinski definition) is 31. The van der Waals surface area contributed by atoms with Gasteiger partial charge in [0.25, 0.3) is 0 Å². The summed E-state index contributed by atoms with van der Waals surface area (Å²) in [6.07, 6.45) is -10.7. The van der Waals surface area contributed by atoms with E-state index in [0.717, 1.165) is 0 Å². The third kappa shape index (κ3) is 21.4. The van der Waals surface area contributed by atoms with Crippen LogP contribution in [0.25, 0.3) is 0 Å². The zero-order valence-corrected chi connectivity index (χ0v) is 33.7. The van der Waals surface area contributed by atoms with E-state index < -0.39 is 176 Å². The average molecular weight is 961 g/mol. The molecule has 0 aromatic rings. The lowest BCUT2D eigenvalue weighted by Gasteiger charge is -2.14. The van der Waals surface area contributed by atoms with Crippen LogP contribution in [0.4, 0.5) is 24.0 Å². The predicted molar refractivity (Wildman–Crippen MR) is 175 cm³/mol. The van der Waals surface area contributed by atoms with Gasteiger partial charge in [0.15, 0.2) is 12.2 Å². The van der Waals surface area contributed by atoms with Crippen LogP contribution in [-0.2, 0) is 122 Å². The van der Waals surface area contributed by atoms with Crippen molar-refractivity contribution in [1.29, 1.82) is 0 Å². The zero-order chi connectivity index (χ0) is 44.2. The van der Waals surface area contributed by atoms with E-state index in [1.54, 1.807) is 0 Å². The third-order valence-corrected chi connectivity index (χ3v) is 10.0. The lowest BCUT2D eigenvalue weighted by Crippen LogP contribution is -2.27. The van der Waals surface area contributed by atoms with Gasteiger partial charge in [0.1, 0.15) is 65.1 Å². The van der Waals surface area contributed by atoms with Crippen molar-refractivity contribution in [3.8, 4) is 0 Å². The molecule has 3 saturated heterocycles. The predicted octanol–water partition coefficient (Wildman–Crippen LogP) is -1.84. The largest absolute Gasteiger partial charge is 0.508 e. The summed E-state index contributed by atoms with van der Waals surface area (Å²) in [6, 6.07) is 0. The van der Waals surface area contributed by atoms with Gasteiger partial charge in [-0.25, -0.2) is 57.4 Å². The second-order valence-electron chi connectivity index (χ2n) is 10.8. The molecule has 3 rings (SSSR count). The lowest BCUT2D eigenvalue weighted by molar-refractivity contribution is -0.00221. The van der Waals surface area contributed by atoms with Crippen LogP contribution in [0.1, 0.15) is 12.8 Å². The Morgan fingerprint density at radius 2 is 0.833 bits per heavy atom. The molecule has 3 fully saturated rings. The molecular weight excluding hydrogens is 925 g/mol. The molecule has 60 heavy (non-hydrogen) atoms. The summed E-state index contributed by atoms with van der Waals surface area (Å²) in [7, 11) is -18.8. The lowest BCUT2D eigenvalue weighted by atomic mass is 10.1. The molecule has 0 saturated carbocycles. The van der Waals surface area contributed by atoms with Crippen LogP contribution in [0.2, 0.25) is 0 Å².